The lowest BCUT2D eigenvalue weighted by Gasteiger charge is -2.19. The van der Waals surface area contributed by atoms with Crippen LogP contribution in [0.25, 0.3) is 0 Å². The van der Waals surface area contributed by atoms with Crippen LogP contribution in [-0.4, -0.2) is 24.8 Å². The Labute approximate surface area is 169 Å². The molecule has 0 heterocycles. The zero-order valence-corrected chi connectivity index (χ0v) is 19.4. The maximum Gasteiger partial charge on any atom is 0.407 e. The van der Waals surface area contributed by atoms with Crippen molar-refractivity contribution >= 4 is 38.0 Å². The summed E-state index contributed by atoms with van der Waals surface area (Å²) >= 11 is 7.06. The number of rotatable bonds is 5. The van der Waals surface area contributed by atoms with Crippen molar-refractivity contribution in [3.63, 3.8) is 0 Å². The first-order chi connectivity index (χ1) is 11.6. The summed E-state index contributed by atoms with van der Waals surface area (Å²) in [5, 5.41) is 4.50. The second-order valence-electron chi connectivity index (χ2n) is 6.93. The van der Waals surface area contributed by atoms with Gasteiger partial charge < -0.3 is 15.8 Å². The lowest BCUT2D eigenvalue weighted by Crippen LogP contribution is -2.33. The Bertz CT molecular complexity index is 527. The number of carbonyl (C=O) groups is 1. The summed E-state index contributed by atoms with van der Waals surface area (Å²) in [4.78, 5) is 11.0. The third-order valence-electron chi connectivity index (χ3n) is 3.61. The third kappa shape index (κ3) is 9.61. The van der Waals surface area contributed by atoms with Crippen molar-refractivity contribution in [2.45, 2.75) is 64.2 Å². The molecule has 0 spiro atoms. The molecule has 1 aromatic carbocycles. The fourth-order valence-corrected chi connectivity index (χ4v) is 4.02. The van der Waals surface area contributed by atoms with E-state index in [1.54, 1.807) is 0 Å². The molecule has 0 aromatic heterocycles. The first-order valence-electron chi connectivity index (χ1n) is 8.44. The van der Waals surface area contributed by atoms with E-state index in [-0.39, 0.29) is 6.09 Å². The average Bonchev–Trinajstić information content (AvgIpc) is 2.46. The van der Waals surface area contributed by atoms with Crippen molar-refractivity contribution in [3.05, 3.63) is 33.9 Å². The van der Waals surface area contributed by atoms with Crippen LogP contribution in [0, 0.1) is 20.8 Å². The summed E-state index contributed by atoms with van der Waals surface area (Å²) in [6.45, 7) is 13.2. The molecule has 1 aromatic rings. The number of carbonyl (C=O) groups excluding carboxylic acids is 1. The highest BCUT2D eigenvalue weighted by molar-refractivity contribution is 9.08. The number of nitrogens with one attached hydrogen (secondary N) is 1. The second kappa shape index (κ2) is 11.9. The van der Waals surface area contributed by atoms with E-state index in [2.05, 4.69) is 64.0 Å². The number of alkyl halides is 2. The van der Waals surface area contributed by atoms with E-state index in [1.807, 2.05) is 20.8 Å². The molecule has 3 N–H and O–H groups in total. The summed E-state index contributed by atoms with van der Waals surface area (Å²) < 4.78 is 4.99. The summed E-state index contributed by atoms with van der Waals surface area (Å²) in [6.07, 6.45) is 0.398. The quantitative estimate of drug-likeness (QED) is 0.447. The smallest absolute Gasteiger partial charge is 0.407 e. The molecule has 0 radical (unpaired) electrons. The Morgan fingerprint density at radius 2 is 1.60 bits per heavy atom. The van der Waals surface area contributed by atoms with E-state index in [9.17, 15) is 4.79 Å². The molecule has 0 fully saturated rings. The van der Waals surface area contributed by atoms with Gasteiger partial charge in [0.25, 0.3) is 0 Å². The van der Waals surface area contributed by atoms with Crippen molar-refractivity contribution in [2.75, 3.05) is 13.1 Å². The molecule has 0 atom stereocenters. The summed E-state index contributed by atoms with van der Waals surface area (Å²) in [5.41, 5.74) is 11.9. The number of aryl methyl sites for hydroxylation is 2. The number of amides is 1. The van der Waals surface area contributed by atoms with Gasteiger partial charge in [0.05, 0.1) is 0 Å². The molecule has 0 unspecified atom stereocenters. The van der Waals surface area contributed by atoms with Crippen molar-refractivity contribution < 1.29 is 9.53 Å². The summed E-state index contributed by atoms with van der Waals surface area (Å²) in [7, 11) is 0. The highest BCUT2D eigenvalue weighted by Gasteiger charge is 2.15. The minimum absolute atomic E-state index is 0.379. The molecule has 25 heavy (non-hydrogen) atoms. The van der Waals surface area contributed by atoms with E-state index in [4.69, 9.17) is 10.5 Å². The molecule has 0 aliphatic heterocycles. The van der Waals surface area contributed by atoms with Gasteiger partial charge in [-0.3, -0.25) is 0 Å². The van der Waals surface area contributed by atoms with E-state index >= 15 is 0 Å². The van der Waals surface area contributed by atoms with Gasteiger partial charge in [-0.15, -0.1) is 0 Å². The third-order valence-corrected chi connectivity index (χ3v) is 4.73. The SMILES string of the molecule is CC(C)(C)OC(=O)NCCCN.Cc1cc(C)c(CBr)c(C)c1CBr. The van der Waals surface area contributed by atoms with Gasteiger partial charge in [0.1, 0.15) is 5.60 Å². The van der Waals surface area contributed by atoms with Crippen molar-refractivity contribution in [2.24, 2.45) is 5.73 Å². The Morgan fingerprint density at radius 3 is 1.96 bits per heavy atom. The van der Waals surface area contributed by atoms with Crippen LogP contribution in [0.1, 0.15) is 55.0 Å². The number of hydrogen-bond donors (Lipinski definition) is 2. The van der Waals surface area contributed by atoms with Gasteiger partial charge in [0.2, 0.25) is 0 Å². The minimum Gasteiger partial charge on any atom is -0.444 e. The highest BCUT2D eigenvalue weighted by atomic mass is 79.9. The van der Waals surface area contributed by atoms with Gasteiger partial charge in [0, 0.05) is 17.2 Å². The predicted octanol–water partition coefficient (Wildman–Crippen LogP) is 5.26. The van der Waals surface area contributed by atoms with Gasteiger partial charge in [0.15, 0.2) is 0 Å². The standard InChI is InChI=1S/C11H14Br2.C8H18N2O2/c1-7-4-8(2)11(6-13)9(3)10(7)5-12;1-8(2,3)12-7(11)10-6-4-5-9/h4H,5-6H2,1-3H3;4-6,9H2,1-3H3,(H,10,11). The molecule has 0 aliphatic rings. The maximum atomic E-state index is 11.0. The van der Waals surface area contributed by atoms with Crippen molar-refractivity contribution in [1.82, 2.24) is 5.32 Å². The van der Waals surface area contributed by atoms with E-state index in [1.165, 1.54) is 27.8 Å². The molecular weight excluding hydrogens is 448 g/mol. The van der Waals surface area contributed by atoms with Crippen LogP contribution in [0.3, 0.4) is 0 Å². The zero-order chi connectivity index (χ0) is 19.6. The van der Waals surface area contributed by atoms with Gasteiger partial charge >= 0.3 is 6.09 Å². The van der Waals surface area contributed by atoms with E-state index in [0.717, 1.165) is 17.1 Å². The lowest BCUT2D eigenvalue weighted by atomic mass is 9.95. The van der Waals surface area contributed by atoms with Crippen LogP contribution in [0.2, 0.25) is 0 Å². The molecular formula is C19H32Br2N2O2. The van der Waals surface area contributed by atoms with Gasteiger partial charge in [-0.05, 0) is 82.3 Å². The van der Waals surface area contributed by atoms with Gasteiger partial charge in [-0.2, -0.15) is 0 Å². The number of hydrogen-bond acceptors (Lipinski definition) is 3. The number of ether oxygens (including phenoxy) is 1. The van der Waals surface area contributed by atoms with Crippen LogP contribution < -0.4 is 11.1 Å². The largest absolute Gasteiger partial charge is 0.444 e. The van der Waals surface area contributed by atoms with Crippen molar-refractivity contribution in [3.8, 4) is 0 Å². The number of benzene rings is 1. The number of alkyl carbamates (subject to hydrolysis) is 1. The molecule has 1 amide bonds. The topological polar surface area (TPSA) is 64.3 Å². The lowest BCUT2D eigenvalue weighted by molar-refractivity contribution is 0.0527. The predicted molar refractivity (Wildman–Crippen MR) is 114 cm³/mol. The van der Waals surface area contributed by atoms with Gasteiger partial charge in [-0.25, -0.2) is 4.79 Å². The zero-order valence-electron chi connectivity index (χ0n) is 16.3. The Morgan fingerprint density at radius 1 is 1.12 bits per heavy atom. The average molecular weight is 480 g/mol. The summed E-state index contributed by atoms with van der Waals surface area (Å²) in [6, 6.07) is 2.26. The minimum atomic E-state index is -0.424. The number of halogens is 2. The second-order valence-corrected chi connectivity index (χ2v) is 8.05. The Kier molecular flexibility index (Phi) is 11.6. The maximum absolute atomic E-state index is 11.0. The molecule has 4 nitrogen and oxygen atoms in total. The van der Waals surface area contributed by atoms with Crippen LogP contribution in [0.5, 0.6) is 0 Å². The fourth-order valence-electron chi connectivity index (χ4n) is 2.29. The van der Waals surface area contributed by atoms with Gasteiger partial charge in [-0.1, -0.05) is 37.9 Å². The van der Waals surface area contributed by atoms with E-state index < -0.39 is 5.60 Å². The first-order valence-corrected chi connectivity index (χ1v) is 10.7. The van der Waals surface area contributed by atoms with Crippen LogP contribution in [0.15, 0.2) is 6.07 Å². The highest BCUT2D eigenvalue weighted by Crippen LogP contribution is 2.25. The molecule has 0 aliphatic carbocycles. The van der Waals surface area contributed by atoms with Crippen LogP contribution >= 0.6 is 31.9 Å². The molecule has 0 saturated carbocycles. The molecule has 6 heteroatoms. The Hall–Kier alpha value is -0.590. The molecule has 1 rings (SSSR count). The summed E-state index contributed by atoms with van der Waals surface area (Å²) in [5.74, 6) is 0. The molecule has 0 bridgehead atoms. The Balaban J connectivity index is 0.000000463. The van der Waals surface area contributed by atoms with Crippen LogP contribution in [-0.2, 0) is 15.4 Å². The number of nitrogens with two attached hydrogens (primary N) is 1. The van der Waals surface area contributed by atoms with Crippen molar-refractivity contribution in [1.29, 1.82) is 0 Å². The van der Waals surface area contributed by atoms with Crippen LogP contribution in [0.4, 0.5) is 4.79 Å². The fraction of sp³-hybridized carbons (Fsp3) is 0.632. The monoisotopic (exact) mass is 478 g/mol. The van der Waals surface area contributed by atoms with E-state index in [0.29, 0.717) is 13.1 Å². The normalized spacial score (nSPS) is 10.8. The molecule has 144 valence electrons. The molecule has 0 saturated heterocycles. The first kappa shape index (κ1) is 24.4.